The fourth-order valence-corrected chi connectivity index (χ4v) is 5.50. The Balaban J connectivity index is 2.11. The summed E-state index contributed by atoms with van der Waals surface area (Å²) in [6.45, 7) is -1.31. The Morgan fingerprint density at radius 1 is 1.28 bits per heavy atom. The Kier molecular flexibility index (Phi) is 8.72. The van der Waals surface area contributed by atoms with Crippen molar-refractivity contribution in [1.82, 2.24) is 9.55 Å². The first-order chi connectivity index (χ1) is 14.7. The van der Waals surface area contributed by atoms with E-state index in [2.05, 4.69) is 28.2 Å². The molecule has 2 heterocycles. The Morgan fingerprint density at radius 3 is 2.56 bits per heavy atom. The monoisotopic (exact) mass is 522 g/mol. The van der Waals surface area contributed by atoms with E-state index in [9.17, 15) is 23.4 Å². The third-order valence-corrected chi connectivity index (χ3v) is 7.37. The predicted molar refractivity (Wildman–Crippen MR) is 100 cm³/mol. The minimum Gasteiger partial charge on any atom is -0.383 e. The second-order valence-electron chi connectivity index (χ2n) is 5.86. The Labute approximate surface area is 177 Å². The lowest BCUT2D eigenvalue weighted by atomic mass is 10.2. The van der Waals surface area contributed by atoms with Crippen LogP contribution < -0.4 is 11.4 Å². The molecular weight excluding hydrogens is 505 g/mol. The normalized spacial score (nSPS) is 24.9. The third kappa shape index (κ3) is 8.35. The van der Waals surface area contributed by atoms with Crippen LogP contribution in [0.5, 0.6) is 0 Å². The molecule has 180 valence electrons. The number of nitrogens with zero attached hydrogens (tertiary/aromatic N) is 5. The fraction of sp³-hybridized carbons (Fsp3) is 0.600. The van der Waals surface area contributed by atoms with Crippen molar-refractivity contribution < 1.29 is 55.9 Å². The van der Waals surface area contributed by atoms with Crippen molar-refractivity contribution in [3.8, 4) is 0 Å². The standard InChI is InChI=1S/C10H17N6O13P3/c11-8-1-2-16(10(17)14-8)9-3-6(25-5-13-15-12)7(27-9)4-26-31(21,22)29-32(23,24)28-30(18,19)20/h1-2,6-7,9H,3-5H2,(H,21,22)(H,23,24)(H2,11,14,17)(H2,18,19,20)/t6-,7-,9-/m0/s1. The number of phosphoric ester groups is 1. The van der Waals surface area contributed by atoms with Gasteiger partial charge in [0, 0.05) is 17.5 Å². The minimum absolute atomic E-state index is 0.0448. The van der Waals surface area contributed by atoms with Crippen LogP contribution in [0.3, 0.4) is 0 Å². The average Bonchev–Trinajstić information content (AvgIpc) is 3.00. The zero-order chi connectivity index (χ0) is 24.2. The third-order valence-electron chi connectivity index (χ3n) is 3.57. The Hall–Kier alpha value is -1.68. The summed E-state index contributed by atoms with van der Waals surface area (Å²) in [7, 11) is -16.7. The molecule has 5 atom stereocenters. The fourth-order valence-electron chi connectivity index (χ4n) is 2.47. The van der Waals surface area contributed by atoms with Gasteiger partial charge in [-0.05, 0) is 11.6 Å². The lowest BCUT2D eigenvalue weighted by Crippen LogP contribution is -2.29. The number of phosphoric acid groups is 3. The first-order valence-electron chi connectivity index (χ1n) is 8.12. The number of anilines is 1. The van der Waals surface area contributed by atoms with Crippen LogP contribution in [-0.2, 0) is 36.3 Å². The van der Waals surface area contributed by atoms with Crippen molar-refractivity contribution in [2.75, 3.05) is 19.1 Å². The second-order valence-corrected chi connectivity index (χ2v) is 10.3. The van der Waals surface area contributed by atoms with E-state index in [0.717, 1.165) is 4.57 Å². The summed E-state index contributed by atoms with van der Waals surface area (Å²) < 4.78 is 57.5. The highest BCUT2D eigenvalue weighted by molar-refractivity contribution is 7.66. The lowest BCUT2D eigenvalue weighted by Gasteiger charge is -2.20. The molecule has 22 heteroatoms. The van der Waals surface area contributed by atoms with Crippen molar-refractivity contribution in [3.63, 3.8) is 0 Å². The molecule has 0 saturated carbocycles. The zero-order valence-corrected chi connectivity index (χ0v) is 18.3. The van der Waals surface area contributed by atoms with Gasteiger partial charge >= 0.3 is 29.2 Å². The first-order valence-corrected chi connectivity index (χ1v) is 12.6. The molecule has 1 fully saturated rings. The molecule has 1 aromatic rings. The minimum atomic E-state index is -5.70. The largest absolute Gasteiger partial charge is 0.490 e. The maximum Gasteiger partial charge on any atom is 0.490 e. The van der Waals surface area contributed by atoms with Crippen LogP contribution in [0, 0.1) is 0 Å². The number of hydrogen-bond donors (Lipinski definition) is 5. The number of ether oxygens (including phenoxy) is 2. The number of rotatable bonds is 11. The van der Waals surface area contributed by atoms with E-state index in [-0.39, 0.29) is 12.2 Å². The van der Waals surface area contributed by atoms with Crippen LogP contribution >= 0.6 is 23.5 Å². The molecule has 6 N–H and O–H groups in total. The van der Waals surface area contributed by atoms with Gasteiger partial charge in [0.2, 0.25) is 0 Å². The quantitative estimate of drug-likeness (QED) is 0.111. The Morgan fingerprint density at radius 2 is 1.97 bits per heavy atom. The molecule has 0 amide bonds. The molecule has 32 heavy (non-hydrogen) atoms. The maximum atomic E-state index is 12.0. The highest BCUT2D eigenvalue weighted by Crippen LogP contribution is 2.66. The number of azide groups is 1. The molecule has 0 spiro atoms. The van der Waals surface area contributed by atoms with E-state index in [1.54, 1.807) is 0 Å². The Bertz CT molecular complexity index is 1070. The molecule has 2 rings (SSSR count). The number of nitrogen functional groups attached to an aromatic ring is 1. The highest BCUT2D eigenvalue weighted by Gasteiger charge is 2.43. The molecule has 1 saturated heterocycles. The predicted octanol–water partition coefficient (Wildman–Crippen LogP) is 0.109. The summed E-state index contributed by atoms with van der Waals surface area (Å²) in [4.78, 5) is 53.8. The van der Waals surface area contributed by atoms with Gasteiger partial charge in [-0.3, -0.25) is 9.09 Å². The van der Waals surface area contributed by atoms with Crippen LogP contribution in [0.15, 0.2) is 22.2 Å². The molecular formula is C10H17N6O13P3. The van der Waals surface area contributed by atoms with E-state index in [0.29, 0.717) is 0 Å². The molecule has 0 radical (unpaired) electrons. The van der Waals surface area contributed by atoms with Gasteiger partial charge < -0.3 is 34.8 Å². The summed E-state index contributed by atoms with van der Waals surface area (Å²) in [6, 6.07) is 1.31. The first kappa shape index (κ1) is 26.6. The summed E-state index contributed by atoms with van der Waals surface area (Å²) in [5, 5.41) is 3.16. The van der Waals surface area contributed by atoms with Crippen LogP contribution in [-0.4, -0.2) is 54.7 Å². The van der Waals surface area contributed by atoms with Gasteiger partial charge in [-0.15, -0.1) is 0 Å². The van der Waals surface area contributed by atoms with Gasteiger partial charge in [-0.25, -0.2) is 18.5 Å². The molecule has 0 aliphatic carbocycles. The van der Waals surface area contributed by atoms with E-state index < -0.39 is 60.9 Å². The number of nitrogens with two attached hydrogens (primary N) is 1. The van der Waals surface area contributed by atoms with E-state index in [1.807, 2.05) is 0 Å². The summed E-state index contributed by atoms with van der Waals surface area (Å²) in [6.07, 6.45) is -1.96. The van der Waals surface area contributed by atoms with Gasteiger partial charge in [-0.1, -0.05) is 5.11 Å². The van der Waals surface area contributed by atoms with Crippen molar-refractivity contribution in [3.05, 3.63) is 33.2 Å². The van der Waals surface area contributed by atoms with Gasteiger partial charge in [0.05, 0.1) is 12.7 Å². The van der Waals surface area contributed by atoms with E-state index in [4.69, 9.17) is 35.4 Å². The van der Waals surface area contributed by atoms with Crippen molar-refractivity contribution in [1.29, 1.82) is 0 Å². The zero-order valence-electron chi connectivity index (χ0n) is 15.6. The number of hydrogen-bond acceptors (Lipinski definition) is 12. The summed E-state index contributed by atoms with van der Waals surface area (Å²) in [5.41, 5.74) is 13.0. The smallest absolute Gasteiger partial charge is 0.383 e. The molecule has 1 aliphatic heterocycles. The van der Waals surface area contributed by atoms with Crippen molar-refractivity contribution in [2.24, 2.45) is 5.11 Å². The van der Waals surface area contributed by atoms with Gasteiger partial charge in [-0.2, -0.15) is 13.6 Å². The van der Waals surface area contributed by atoms with E-state index >= 15 is 0 Å². The second kappa shape index (κ2) is 10.5. The van der Waals surface area contributed by atoms with Gasteiger partial charge in [0.25, 0.3) is 0 Å². The molecule has 19 nitrogen and oxygen atoms in total. The molecule has 0 bridgehead atoms. The van der Waals surface area contributed by atoms with Crippen molar-refractivity contribution >= 4 is 29.3 Å². The van der Waals surface area contributed by atoms with Gasteiger partial charge in [0.1, 0.15) is 24.9 Å². The summed E-state index contributed by atoms with van der Waals surface area (Å²) in [5.74, 6) is -0.0513. The van der Waals surface area contributed by atoms with Gasteiger partial charge in [0.15, 0.2) is 0 Å². The maximum absolute atomic E-state index is 12.0. The summed E-state index contributed by atoms with van der Waals surface area (Å²) >= 11 is 0. The van der Waals surface area contributed by atoms with Crippen LogP contribution in [0.1, 0.15) is 12.6 Å². The molecule has 2 unspecified atom stereocenters. The molecule has 1 aromatic heterocycles. The van der Waals surface area contributed by atoms with Crippen molar-refractivity contribution in [2.45, 2.75) is 24.9 Å². The van der Waals surface area contributed by atoms with Crippen LogP contribution in [0.4, 0.5) is 5.82 Å². The highest BCUT2D eigenvalue weighted by atomic mass is 31.3. The SMILES string of the molecule is [N-]=[N+]=NCO[C@H]1C[C@@H](n2ccc(N)nc2=O)O[C@H]1COP(=O)(O)OP(=O)(O)OP(=O)(O)O. The van der Waals surface area contributed by atoms with Crippen LogP contribution in [0.2, 0.25) is 0 Å². The van der Waals surface area contributed by atoms with Crippen LogP contribution in [0.25, 0.3) is 10.4 Å². The molecule has 1 aliphatic rings. The number of aromatic nitrogens is 2. The molecule has 0 aromatic carbocycles. The lowest BCUT2D eigenvalue weighted by molar-refractivity contribution is -0.0600. The topological polar surface area (TPSA) is 288 Å². The average molecular weight is 522 g/mol. The van der Waals surface area contributed by atoms with E-state index in [1.165, 1.54) is 12.3 Å².